The Hall–Kier alpha value is -1.31. The lowest BCUT2D eigenvalue weighted by Gasteiger charge is -2.33. The molecule has 0 saturated carbocycles. The zero-order valence-electron chi connectivity index (χ0n) is 11.4. The number of aliphatic hydroxyl groups is 1. The van der Waals surface area contributed by atoms with Crippen LogP contribution in [0.15, 0.2) is 24.3 Å². The molecule has 7 heteroatoms. The van der Waals surface area contributed by atoms with Gasteiger partial charge < -0.3 is 10.8 Å². The molecule has 1 heterocycles. The van der Waals surface area contributed by atoms with Crippen LogP contribution in [-0.4, -0.2) is 44.1 Å². The molecule has 0 aliphatic carbocycles. The Morgan fingerprint density at radius 1 is 1.20 bits per heavy atom. The molecule has 20 heavy (non-hydrogen) atoms. The monoisotopic (exact) mass is 299 g/mol. The number of piperidine rings is 1. The molecule has 1 fully saturated rings. The predicted molar refractivity (Wildman–Crippen MR) is 79.6 cm³/mol. The number of para-hydroxylation sites is 2. The van der Waals surface area contributed by atoms with E-state index in [9.17, 15) is 13.5 Å². The molecule has 0 amide bonds. The molecule has 1 aliphatic heterocycles. The van der Waals surface area contributed by atoms with Crippen LogP contribution < -0.4 is 10.0 Å². The lowest BCUT2D eigenvalue weighted by molar-refractivity contribution is 0.302. The zero-order chi connectivity index (χ0) is 14.6. The molecule has 0 aromatic heterocycles. The van der Waals surface area contributed by atoms with E-state index in [2.05, 4.69) is 0 Å². The van der Waals surface area contributed by atoms with Crippen molar-refractivity contribution in [1.82, 2.24) is 4.31 Å². The van der Waals surface area contributed by atoms with E-state index in [1.807, 2.05) is 0 Å². The smallest absolute Gasteiger partial charge is 0.304 e. The van der Waals surface area contributed by atoms with Gasteiger partial charge in [0.15, 0.2) is 0 Å². The summed E-state index contributed by atoms with van der Waals surface area (Å²) in [7, 11) is -3.64. The maximum atomic E-state index is 12.7. The Morgan fingerprint density at radius 3 is 2.45 bits per heavy atom. The Morgan fingerprint density at radius 2 is 1.85 bits per heavy atom. The summed E-state index contributed by atoms with van der Waals surface area (Å²) in [5, 5.41) is 9.19. The third kappa shape index (κ3) is 3.05. The van der Waals surface area contributed by atoms with Gasteiger partial charge in [-0.15, -0.1) is 0 Å². The van der Waals surface area contributed by atoms with Crippen molar-refractivity contribution in [1.29, 1.82) is 0 Å². The molecule has 0 spiro atoms. The summed E-state index contributed by atoms with van der Waals surface area (Å²) in [6.45, 7) is 0.808. The van der Waals surface area contributed by atoms with Crippen LogP contribution in [0.4, 0.5) is 11.4 Å². The third-order valence-electron chi connectivity index (χ3n) is 3.43. The molecule has 0 bridgehead atoms. The summed E-state index contributed by atoms with van der Waals surface area (Å²) in [6, 6.07) is 6.81. The first kappa shape index (κ1) is 15.1. The van der Waals surface area contributed by atoms with Gasteiger partial charge in [0.05, 0.1) is 24.5 Å². The molecule has 1 aromatic rings. The second-order valence-corrected chi connectivity index (χ2v) is 6.67. The Kier molecular flexibility index (Phi) is 4.85. The van der Waals surface area contributed by atoms with E-state index in [0.29, 0.717) is 24.5 Å². The van der Waals surface area contributed by atoms with Gasteiger partial charge in [-0.1, -0.05) is 18.6 Å². The average molecular weight is 299 g/mol. The Labute approximate surface area is 120 Å². The number of nitrogens with two attached hydrogens (primary N) is 1. The summed E-state index contributed by atoms with van der Waals surface area (Å²) < 4.78 is 28.1. The molecule has 0 radical (unpaired) electrons. The van der Waals surface area contributed by atoms with Crippen molar-refractivity contribution in [3.8, 4) is 0 Å². The van der Waals surface area contributed by atoms with Crippen LogP contribution in [0.1, 0.15) is 19.3 Å². The van der Waals surface area contributed by atoms with Gasteiger partial charge in [-0.25, -0.2) is 0 Å². The van der Waals surface area contributed by atoms with Gasteiger partial charge >= 0.3 is 10.2 Å². The summed E-state index contributed by atoms with van der Waals surface area (Å²) in [6.07, 6.45) is 2.80. The lowest BCUT2D eigenvalue weighted by Crippen LogP contribution is -2.47. The van der Waals surface area contributed by atoms with E-state index in [4.69, 9.17) is 5.73 Å². The van der Waals surface area contributed by atoms with Crippen LogP contribution in [0, 0.1) is 0 Å². The van der Waals surface area contributed by atoms with Crippen LogP contribution in [-0.2, 0) is 10.2 Å². The molecule has 1 aromatic carbocycles. The number of hydrogen-bond donors (Lipinski definition) is 2. The predicted octanol–water partition coefficient (Wildman–Crippen LogP) is 0.798. The van der Waals surface area contributed by atoms with Crippen molar-refractivity contribution < 1.29 is 13.5 Å². The van der Waals surface area contributed by atoms with Gasteiger partial charge in [0.2, 0.25) is 0 Å². The first-order chi connectivity index (χ1) is 9.57. The molecular formula is C13H21N3O3S. The molecule has 0 atom stereocenters. The average Bonchev–Trinajstić information content (AvgIpc) is 2.46. The van der Waals surface area contributed by atoms with Crippen molar-refractivity contribution in [2.24, 2.45) is 0 Å². The van der Waals surface area contributed by atoms with E-state index in [1.165, 1.54) is 8.61 Å². The van der Waals surface area contributed by atoms with Gasteiger partial charge in [-0.2, -0.15) is 12.7 Å². The summed E-state index contributed by atoms with van der Waals surface area (Å²) in [5.41, 5.74) is 6.69. The highest BCUT2D eigenvalue weighted by Crippen LogP contribution is 2.27. The fourth-order valence-corrected chi connectivity index (χ4v) is 4.13. The fourth-order valence-electron chi connectivity index (χ4n) is 2.40. The maximum Gasteiger partial charge on any atom is 0.304 e. The molecular weight excluding hydrogens is 278 g/mol. The normalized spacial score (nSPS) is 17.1. The Bertz CT molecular complexity index is 542. The first-order valence-corrected chi connectivity index (χ1v) is 8.20. The van der Waals surface area contributed by atoms with Crippen LogP contribution in [0.2, 0.25) is 0 Å². The second-order valence-electron chi connectivity index (χ2n) is 4.82. The fraction of sp³-hybridized carbons (Fsp3) is 0.538. The quantitative estimate of drug-likeness (QED) is 0.787. The van der Waals surface area contributed by atoms with Crippen molar-refractivity contribution in [3.63, 3.8) is 0 Å². The minimum absolute atomic E-state index is 0.00699. The number of benzene rings is 1. The van der Waals surface area contributed by atoms with Gasteiger partial charge in [0.25, 0.3) is 0 Å². The van der Waals surface area contributed by atoms with Gasteiger partial charge in [-0.05, 0) is 25.0 Å². The number of nitrogen functional groups attached to an aromatic ring is 1. The SMILES string of the molecule is Nc1ccccc1N(CCO)S(=O)(=O)N1CCCCC1. The maximum absolute atomic E-state index is 12.7. The topological polar surface area (TPSA) is 86.9 Å². The minimum Gasteiger partial charge on any atom is -0.397 e. The molecule has 1 aliphatic rings. The van der Waals surface area contributed by atoms with Crippen LogP contribution >= 0.6 is 0 Å². The molecule has 0 unspecified atom stereocenters. The summed E-state index contributed by atoms with van der Waals surface area (Å²) in [4.78, 5) is 0. The number of aliphatic hydroxyl groups excluding tert-OH is 1. The number of anilines is 2. The molecule has 2 rings (SSSR count). The van der Waals surface area contributed by atoms with E-state index in [1.54, 1.807) is 24.3 Å². The Balaban J connectivity index is 2.34. The van der Waals surface area contributed by atoms with Crippen LogP contribution in [0.5, 0.6) is 0 Å². The standard InChI is InChI=1S/C13H21N3O3S/c14-12-6-2-3-7-13(12)16(10-11-17)20(18,19)15-8-4-1-5-9-15/h2-3,6-7,17H,1,4-5,8-11,14H2. The van der Waals surface area contributed by atoms with Crippen LogP contribution in [0.3, 0.4) is 0 Å². The van der Waals surface area contributed by atoms with Crippen LogP contribution in [0.25, 0.3) is 0 Å². The highest BCUT2D eigenvalue weighted by atomic mass is 32.2. The molecule has 1 saturated heterocycles. The van der Waals surface area contributed by atoms with E-state index >= 15 is 0 Å². The van der Waals surface area contributed by atoms with Crippen molar-refractivity contribution >= 4 is 21.6 Å². The first-order valence-electron chi connectivity index (χ1n) is 6.80. The van der Waals surface area contributed by atoms with Gasteiger partial charge in [-0.3, -0.25) is 4.31 Å². The van der Waals surface area contributed by atoms with Gasteiger partial charge in [0.1, 0.15) is 0 Å². The number of nitrogens with zero attached hydrogens (tertiary/aromatic N) is 2. The number of hydrogen-bond acceptors (Lipinski definition) is 4. The highest BCUT2D eigenvalue weighted by molar-refractivity contribution is 7.90. The van der Waals surface area contributed by atoms with E-state index in [-0.39, 0.29) is 13.2 Å². The zero-order valence-corrected chi connectivity index (χ0v) is 12.2. The second kappa shape index (κ2) is 6.43. The van der Waals surface area contributed by atoms with Crippen molar-refractivity contribution in [3.05, 3.63) is 24.3 Å². The van der Waals surface area contributed by atoms with Crippen molar-refractivity contribution in [2.75, 3.05) is 36.3 Å². The van der Waals surface area contributed by atoms with E-state index < -0.39 is 10.2 Å². The minimum atomic E-state index is -3.64. The van der Waals surface area contributed by atoms with Crippen molar-refractivity contribution in [2.45, 2.75) is 19.3 Å². The largest absolute Gasteiger partial charge is 0.397 e. The molecule has 3 N–H and O–H groups in total. The highest BCUT2D eigenvalue weighted by Gasteiger charge is 2.31. The number of rotatable bonds is 5. The summed E-state index contributed by atoms with van der Waals surface area (Å²) in [5.74, 6) is 0. The van der Waals surface area contributed by atoms with Gasteiger partial charge in [0, 0.05) is 13.1 Å². The lowest BCUT2D eigenvalue weighted by atomic mass is 10.2. The summed E-state index contributed by atoms with van der Waals surface area (Å²) >= 11 is 0. The third-order valence-corrected chi connectivity index (χ3v) is 5.38. The molecule has 6 nitrogen and oxygen atoms in total. The molecule has 112 valence electrons. The van der Waals surface area contributed by atoms with E-state index in [0.717, 1.165) is 19.3 Å².